The number of halogens is 3. The number of aromatic nitrogens is 4. The van der Waals surface area contributed by atoms with Crippen molar-refractivity contribution in [3.05, 3.63) is 70.5 Å². The molecule has 14 heteroatoms. The van der Waals surface area contributed by atoms with Crippen molar-refractivity contribution in [1.82, 2.24) is 19.3 Å². The number of ether oxygens (including phenoxy) is 2. The van der Waals surface area contributed by atoms with Crippen LogP contribution in [0.15, 0.2) is 63.2 Å². The Morgan fingerprint density at radius 2 is 1.62 bits per heavy atom. The predicted octanol–water partition coefficient (Wildman–Crippen LogP) is 4.80. The molecule has 0 amide bonds. The molecular weight excluding hydrogens is 577 g/mol. The van der Waals surface area contributed by atoms with Crippen molar-refractivity contribution >= 4 is 9.84 Å². The van der Waals surface area contributed by atoms with Gasteiger partial charge in [-0.1, -0.05) is 38.1 Å². The number of alkyl halides is 3. The van der Waals surface area contributed by atoms with E-state index in [1.165, 1.54) is 39.5 Å². The van der Waals surface area contributed by atoms with Crippen LogP contribution < -0.4 is 15.0 Å². The Morgan fingerprint density at radius 3 is 2.19 bits per heavy atom. The summed E-state index contributed by atoms with van der Waals surface area (Å²) in [5.41, 5.74) is -3.37. The van der Waals surface area contributed by atoms with Gasteiger partial charge in [0.2, 0.25) is 15.7 Å². The molecule has 0 aliphatic carbocycles. The largest absolute Gasteiger partial charge is 0.494 e. The number of benzene rings is 2. The highest BCUT2D eigenvalue weighted by Gasteiger charge is 2.40. The van der Waals surface area contributed by atoms with Crippen LogP contribution in [-0.2, 0) is 29.5 Å². The fourth-order valence-electron chi connectivity index (χ4n) is 4.57. The number of para-hydroxylation sites is 1. The van der Waals surface area contributed by atoms with Gasteiger partial charge in [-0.15, -0.1) is 0 Å². The van der Waals surface area contributed by atoms with E-state index in [2.05, 4.69) is 10.1 Å². The fourth-order valence-corrected chi connectivity index (χ4v) is 6.13. The first kappa shape index (κ1) is 30.6. The van der Waals surface area contributed by atoms with Gasteiger partial charge in [0.1, 0.15) is 23.0 Å². The zero-order chi connectivity index (χ0) is 31.0. The minimum absolute atomic E-state index is 0.0350. The van der Waals surface area contributed by atoms with E-state index >= 15 is 0 Å². The van der Waals surface area contributed by atoms with Gasteiger partial charge in [0.25, 0.3) is 5.56 Å². The maximum Gasteiger partial charge on any atom is 0.435 e. The van der Waals surface area contributed by atoms with Crippen molar-refractivity contribution in [1.29, 1.82) is 0 Å². The molecule has 0 bridgehead atoms. The van der Waals surface area contributed by atoms with Crippen LogP contribution in [0.5, 0.6) is 17.4 Å². The number of nitrogens with zero attached hydrogens (tertiary/aromatic N) is 4. The summed E-state index contributed by atoms with van der Waals surface area (Å²) in [6.45, 7) is 3.88. The molecule has 10 nitrogen and oxygen atoms in total. The lowest BCUT2D eigenvalue weighted by Crippen LogP contribution is -2.25. The van der Waals surface area contributed by atoms with Crippen LogP contribution in [-0.4, -0.2) is 47.1 Å². The van der Waals surface area contributed by atoms with E-state index in [0.29, 0.717) is 6.42 Å². The number of hydrogen-bond donors (Lipinski definition) is 1. The molecular formula is C28H29F3N4O6S. The first-order valence-electron chi connectivity index (χ1n) is 12.7. The van der Waals surface area contributed by atoms with Crippen molar-refractivity contribution < 1.29 is 36.2 Å². The zero-order valence-electron chi connectivity index (χ0n) is 23.4. The maximum atomic E-state index is 14.1. The minimum Gasteiger partial charge on any atom is -0.494 e. The lowest BCUT2D eigenvalue weighted by Gasteiger charge is -2.21. The lowest BCUT2D eigenvalue weighted by molar-refractivity contribution is -0.141. The van der Waals surface area contributed by atoms with Crippen LogP contribution in [0.1, 0.15) is 31.8 Å². The highest BCUT2D eigenvalue weighted by atomic mass is 32.2. The van der Waals surface area contributed by atoms with Crippen LogP contribution in [0.4, 0.5) is 13.2 Å². The maximum absolute atomic E-state index is 14.1. The van der Waals surface area contributed by atoms with Crippen molar-refractivity contribution in [2.75, 3.05) is 14.2 Å². The smallest absolute Gasteiger partial charge is 0.435 e. The van der Waals surface area contributed by atoms with Crippen LogP contribution in [0.2, 0.25) is 0 Å². The van der Waals surface area contributed by atoms with Gasteiger partial charge in [0.05, 0.1) is 19.1 Å². The summed E-state index contributed by atoms with van der Waals surface area (Å²) in [4.78, 5) is 15.7. The van der Waals surface area contributed by atoms with E-state index in [4.69, 9.17) is 9.47 Å². The average Bonchev–Trinajstić information content (AvgIpc) is 3.33. The molecule has 0 aliphatic heterocycles. The molecule has 42 heavy (non-hydrogen) atoms. The number of hydrogen-bond acceptors (Lipinski definition) is 8. The molecule has 224 valence electrons. The highest BCUT2D eigenvalue weighted by molar-refractivity contribution is 7.91. The topological polar surface area (TPSA) is 126 Å². The number of aryl methyl sites for hydroxylation is 2. The number of sulfone groups is 1. The molecule has 4 rings (SSSR count). The summed E-state index contributed by atoms with van der Waals surface area (Å²) in [7, 11) is -0.997. The van der Waals surface area contributed by atoms with E-state index < -0.39 is 48.5 Å². The normalized spacial score (nSPS) is 12.1. The Labute approximate surface area is 239 Å². The van der Waals surface area contributed by atoms with Crippen molar-refractivity contribution in [2.24, 2.45) is 13.0 Å². The van der Waals surface area contributed by atoms with Gasteiger partial charge in [0.15, 0.2) is 10.6 Å². The number of aromatic hydroxyl groups is 1. The van der Waals surface area contributed by atoms with Gasteiger partial charge in [-0.05, 0) is 30.5 Å². The Bertz CT molecular complexity index is 1770. The summed E-state index contributed by atoms with van der Waals surface area (Å²) in [6, 6.07) is 9.58. The predicted molar refractivity (Wildman–Crippen MR) is 147 cm³/mol. The molecule has 4 aromatic rings. The third kappa shape index (κ3) is 5.58. The third-order valence-corrected chi connectivity index (χ3v) is 8.33. The zero-order valence-corrected chi connectivity index (χ0v) is 24.2. The van der Waals surface area contributed by atoms with E-state index in [1.807, 2.05) is 13.8 Å². The number of methoxy groups -OCH3 is 2. The van der Waals surface area contributed by atoms with E-state index in [1.54, 1.807) is 18.2 Å². The SMILES string of the molecule is COc1cccc(OC)c1-n1c(CCC(C)C)nc(=O)c(S(=O)(=O)c2ccccc2-c2cn(C)nc2C(F)(F)F)c1O. The Hall–Kier alpha value is -4.33. The second-order valence-corrected chi connectivity index (χ2v) is 11.7. The molecule has 0 radical (unpaired) electrons. The second-order valence-electron chi connectivity index (χ2n) is 9.83. The average molecular weight is 607 g/mol. The van der Waals surface area contributed by atoms with Gasteiger partial charge in [-0.2, -0.15) is 23.3 Å². The van der Waals surface area contributed by atoms with Gasteiger partial charge >= 0.3 is 6.18 Å². The Balaban J connectivity index is 2.07. The van der Waals surface area contributed by atoms with Gasteiger partial charge in [-0.3, -0.25) is 14.0 Å². The molecule has 2 aromatic heterocycles. The Morgan fingerprint density at radius 1 is 1.00 bits per heavy atom. The van der Waals surface area contributed by atoms with E-state index in [-0.39, 0.29) is 40.9 Å². The fraction of sp³-hybridized carbons (Fsp3) is 0.321. The molecule has 0 saturated carbocycles. The summed E-state index contributed by atoms with van der Waals surface area (Å²) < 4.78 is 82.6. The van der Waals surface area contributed by atoms with Crippen molar-refractivity contribution in [2.45, 2.75) is 42.7 Å². The van der Waals surface area contributed by atoms with Gasteiger partial charge in [0, 0.05) is 30.8 Å². The van der Waals surface area contributed by atoms with E-state index in [0.717, 1.165) is 21.5 Å². The quantitative estimate of drug-likeness (QED) is 0.288. The minimum atomic E-state index is -4.98. The Kier molecular flexibility index (Phi) is 8.39. The second kappa shape index (κ2) is 11.5. The van der Waals surface area contributed by atoms with Crippen LogP contribution in [0, 0.1) is 5.92 Å². The van der Waals surface area contributed by atoms with Gasteiger partial charge < -0.3 is 14.6 Å². The molecule has 1 N–H and O–H groups in total. The lowest BCUT2D eigenvalue weighted by atomic mass is 10.1. The molecule has 2 heterocycles. The molecule has 0 unspecified atom stereocenters. The molecule has 0 saturated heterocycles. The molecule has 0 atom stereocenters. The summed E-state index contributed by atoms with van der Waals surface area (Å²) >= 11 is 0. The molecule has 0 aliphatic rings. The summed E-state index contributed by atoms with van der Waals surface area (Å²) in [5.74, 6) is -0.444. The molecule has 2 aromatic carbocycles. The van der Waals surface area contributed by atoms with Crippen LogP contribution >= 0.6 is 0 Å². The summed E-state index contributed by atoms with van der Waals surface area (Å²) in [6.07, 6.45) is -3.17. The van der Waals surface area contributed by atoms with Gasteiger partial charge in [-0.25, -0.2) is 8.42 Å². The highest BCUT2D eigenvalue weighted by Crippen LogP contribution is 2.42. The van der Waals surface area contributed by atoms with Crippen molar-refractivity contribution in [3.8, 4) is 34.2 Å². The number of rotatable bonds is 9. The van der Waals surface area contributed by atoms with E-state index in [9.17, 15) is 31.5 Å². The first-order chi connectivity index (χ1) is 19.7. The van der Waals surface area contributed by atoms with Crippen molar-refractivity contribution in [3.63, 3.8) is 0 Å². The molecule has 0 spiro atoms. The monoisotopic (exact) mass is 606 g/mol. The standard InChI is InChI=1S/C28H29F3N4O6S/c1-16(2)13-14-22-32-26(36)24(27(37)35(22)23-19(40-4)10-8-11-20(23)41-5)42(38,39)21-12-7-6-9-17(21)18-15-34(3)33-25(18)28(29,30)31/h6-12,15-16,37H,13-14H2,1-5H3. The molecule has 0 fully saturated rings. The van der Waals surface area contributed by atoms with Crippen LogP contribution in [0.25, 0.3) is 16.8 Å². The first-order valence-corrected chi connectivity index (χ1v) is 14.2. The van der Waals surface area contributed by atoms with Crippen LogP contribution in [0.3, 0.4) is 0 Å². The summed E-state index contributed by atoms with van der Waals surface area (Å²) in [5, 5.41) is 15.1. The third-order valence-electron chi connectivity index (χ3n) is 6.50.